The number of carbonyl (C=O) groups excluding carboxylic acids is 8. The molecule has 0 aliphatic carbocycles. The zero-order valence-electron chi connectivity index (χ0n) is 50.7. The number of carbonyl (C=O) groups is 8. The number of rotatable bonds is 14. The summed E-state index contributed by atoms with van der Waals surface area (Å²) in [5, 5.41) is 0. The van der Waals surface area contributed by atoms with E-state index in [9.17, 15) is 38.4 Å². The molecule has 0 radical (unpaired) electrons. The highest BCUT2D eigenvalue weighted by Gasteiger charge is 2.44. The second-order valence-corrected chi connectivity index (χ2v) is 24.4. The van der Waals surface area contributed by atoms with Gasteiger partial charge in [0.1, 0.15) is 35.5 Å². The van der Waals surface area contributed by atoms with Crippen LogP contribution in [0.1, 0.15) is 125 Å². The predicted molar refractivity (Wildman–Crippen MR) is 305 cm³/mol. The third-order valence-electron chi connectivity index (χ3n) is 15.3. The summed E-state index contributed by atoms with van der Waals surface area (Å²) in [7, 11) is 5.07. The Morgan fingerprint density at radius 1 is 0.463 bits per heavy atom. The number of halogens is 2. The summed E-state index contributed by atoms with van der Waals surface area (Å²) in [6, 6.07) is 8.43. The Morgan fingerprint density at radius 3 is 1.11 bits per heavy atom. The molecule has 0 aromatic heterocycles. The highest BCUT2D eigenvalue weighted by atomic mass is 19.1. The number of likely N-dealkylation sites (N-methyl/N-ethyl adjacent to an activating group) is 4. The summed E-state index contributed by atoms with van der Waals surface area (Å²) in [5.74, 6) is -8.53. The molecule has 5 rings (SSSR count). The minimum Gasteiger partial charge on any atom is -0.451 e. The van der Waals surface area contributed by atoms with Crippen molar-refractivity contribution in [2.45, 2.75) is 187 Å². The van der Waals surface area contributed by atoms with Gasteiger partial charge in [0, 0.05) is 91.4 Å². The van der Waals surface area contributed by atoms with Crippen LogP contribution in [0.15, 0.2) is 48.5 Å². The zero-order chi connectivity index (χ0) is 61.0. The van der Waals surface area contributed by atoms with Crippen molar-refractivity contribution in [3.8, 4) is 0 Å². The van der Waals surface area contributed by atoms with Gasteiger partial charge in [-0.15, -0.1) is 0 Å². The SMILES string of the molecule is CC(C)C[C@H]1C(=O)O[C@H](C)C(=O)N(C)[C@@H](CC(C)(C)F)C(=O)O[C@H](Cc2ccc(N3CCOCC3)cc2)C(=O)N(C)[C@@H](CC(C)C)C(=O)O[C@H](C)C(=O)N(C)[C@@H](CC(C)(C)F)C(=O)O[C@H](Cc2ccc(N3CCCCC3)cc2)C(=O)N1C. The van der Waals surface area contributed by atoms with E-state index in [1.54, 1.807) is 52.0 Å². The average molecular weight is 1150 g/mol. The lowest BCUT2D eigenvalue weighted by atomic mass is 9.98. The van der Waals surface area contributed by atoms with Crippen LogP contribution in [0.2, 0.25) is 0 Å². The molecule has 2 aromatic carbocycles. The number of alkyl halides is 2. The summed E-state index contributed by atoms with van der Waals surface area (Å²) in [6.45, 7) is 18.6. The Hall–Kier alpha value is -6.38. The number of hydrogen-bond donors (Lipinski definition) is 0. The largest absolute Gasteiger partial charge is 0.451 e. The molecule has 3 heterocycles. The van der Waals surface area contributed by atoms with Gasteiger partial charge in [-0.3, -0.25) is 19.2 Å². The summed E-state index contributed by atoms with van der Waals surface area (Å²) < 4.78 is 61.1. The minimum atomic E-state index is -2.11. The first-order valence-corrected chi connectivity index (χ1v) is 28.9. The van der Waals surface area contributed by atoms with Crippen molar-refractivity contribution in [1.82, 2.24) is 19.6 Å². The molecule has 3 aliphatic heterocycles. The second-order valence-electron chi connectivity index (χ2n) is 24.4. The number of nitrogens with zero attached hydrogens (tertiary/aromatic N) is 6. The van der Waals surface area contributed by atoms with Crippen molar-refractivity contribution >= 4 is 58.9 Å². The third-order valence-corrected chi connectivity index (χ3v) is 15.3. The van der Waals surface area contributed by atoms with Crippen LogP contribution >= 0.6 is 0 Å². The van der Waals surface area contributed by atoms with Crippen molar-refractivity contribution in [3.63, 3.8) is 0 Å². The van der Waals surface area contributed by atoms with E-state index in [4.69, 9.17) is 23.7 Å². The van der Waals surface area contributed by atoms with Gasteiger partial charge in [-0.1, -0.05) is 52.0 Å². The van der Waals surface area contributed by atoms with Crippen molar-refractivity contribution < 1.29 is 70.8 Å². The molecule has 456 valence electrons. The molecule has 0 spiro atoms. The number of anilines is 2. The fourth-order valence-electron chi connectivity index (χ4n) is 10.5. The molecule has 0 saturated carbocycles. The first-order chi connectivity index (χ1) is 38.3. The molecule has 3 saturated heterocycles. The standard InChI is InChI=1S/C61H90F2N6O13/c1-38(2)32-46-56(74)79-41(6)53(71)67(14)49(37-61(9,10)63)59(77)82-51(35-43-20-24-45(25-21-43)69-28-30-78-31-29-69)55(73)65(12)47(33-39(3)4)57(75)80-40(5)52(70)66(13)48(36-60(7,8)62)58(76)81-50(54(72)64(46)11)34-42-18-22-44(23-19-42)68-26-16-15-17-27-68/h18-25,38-41,46-51H,15-17,26-37H2,1-14H3/t40-,41-,46+,47+,48+,49+,50-,51-/m1/s1. The van der Waals surface area contributed by atoms with Gasteiger partial charge < -0.3 is 53.1 Å². The molecule has 4 amide bonds. The number of hydrogen-bond acceptors (Lipinski definition) is 15. The Morgan fingerprint density at radius 2 is 0.780 bits per heavy atom. The maximum absolute atomic E-state index is 15.9. The van der Waals surface area contributed by atoms with Crippen LogP contribution in [0.4, 0.5) is 20.2 Å². The van der Waals surface area contributed by atoms with E-state index in [0.29, 0.717) is 37.4 Å². The van der Waals surface area contributed by atoms with Crippen LogP contribution in [0.25, 0.3) is 0 Å². The van der Waals surface area contributed by atoms with E-state index < -0.39 is 120 Å². The molecule has 0 unspecified atom stereocenters. The number of cyclic esters (lactones) is 4. The molecule has 82 heavy (non-hydrogen) atoms. The minimum absolute atomic E-state index is 0.00163. The Bertz CT molecular complexity index is 2330. The van der Waals surface area contributed by atoms with Gasteiger partial charge in [-0.05, 0) is 121 Å². The van der Waals surface area contributed by atoms with Gasteiger partial charge in [0.2, 0.25) is 0 Å². The quantitative estimate of drug-likeness (QED) is 0.143. The number of ether oxygens (including phenoxy) is 5. The van der Waals surface area contributed by atoms with Gasteiger partial charge in [0.05, 0.1) is 13.2 Å². The molecule has 2 aromatic rings. The Balaban J connectivity index is 1.61. The molecular formula is C61H90F2N6O13. The summed E-state index contributed by atoms with van der Waals surface area (Å²) in [6.07, 6.45) is -5.13. The van der Waals surface area contributed by atoms with Crippen LogP contribution in [-0.4, -0.2) is 195 Å². The number of benzene rings is 2. The number of esters is 4. The number of amides is 4. The van der Waals surface area contributed by atoms with Gasteiger partial charge in [-0.25, -0.2) is 28.0 Å². The normalized spacial score (nSPS) is 25.5. The van der Waals surface area contributed by atoms with Crippen LogP contribution in [0.5, 0.6) is 0 Å². The fourth-order valence-corrected chi connectivity index (χ4v) is 10.5. The molecule has 8 atom stereocenters. The molecular weight excluding hydrogens is 1060 g/mol. The van der Waals surface area contributed by atoms with E-state index >= 15 is 8.78 Å². The zero-order valence-corrected chi connectivity index (χ0v) is 50.7. The highest BCUT2D eigenvalue weighted by molar-refractivity contribution is 5.94. The third kappa shape index (κ3) is 18.8. The van der Waals surface area contributed by atoms with E-state index in [1.807, 2.05) is 24.3 Å². The number of morpholine rings is 1. The van der Waals surface area contributed by atoms with E-state index in [-0.39, 0.29) is 37.5 Å². The lowest BCUT2D eigenvalue weighted by molar-refractivity contribution is -0.176. The van der Waals surface area contributed by atoms with Crippen molar-refractivity contribution in [2.24, 2.45) is 11.8 Å². The smallest absolute Gasteiger partial charge is 0.329 e. The average Bonchev–Trinajstić information content (AvgIpc) is 3.64. The summed E-state index contributed by atoms with van der Waals surface area (Å²) >= 11 is 0. The van der Waals surface area contributed by atoms with E-state index in [2.05, 4.69) is 9.80 Å². The van der Waals surface area contributed by atoms with Crippen LogP contribution in [0.3, 0.4) is 0 Å². The molecule has 3 fully saturated rings. The van der Waals surface area contributed by atoms with Crippen molar-refractivity contribution in [3.05, 3.63) is 59.7 Å². The topological polar surface area (TPSA) is 202 Å². The van der Waals surface area contributed by atoms with Crippen LogP contribution in [0, 0.1) is 11.8 Å². The van der Waals surface area contributed by atoms with E-state index in [0.717, 1.165) is 63.3 Å². The first-order valence-electron chi connectivity index (χ1n) is 28.9. The highest BCUT2D eigenvalue weighted by Crippen LogP contribution is 2.29. The molecule has 19 nitrogen and oxygen atoms in total. The maximum atomic E-state index is 15.9. The van der Waals surface area contributed by atoms with Crippen molar-refractivity contribution in [2.75, 3.05) is 77.4 Å². The fraction of sp³-hybridized carbons (Fsp3) is 0.672. The predicted octanol–water partition coefficient (Wildman–Crippen LogP) is 6.68. The second kappa shape index (κ2) is 29.2. The van der Waals surface area contributed by atoms with Gasteiger partial charge in [0.15, 0.2) is 24.4 Å². The van der Waals surface area contributed by atoms with Gasteiger partial charge in [-0.2, -0.15) is 0 Å². The lowest BCUT2D eigenvalue weighted by Crippen LogP contribution is -2.55. The van der Waals surface area contributed by atoms with Gasteiger partial charge in [0.25, 0.3) is 23.6 Å². The van der Waals surface area contributed by atoms with Crippen LogP contribution < -0.4 is 9.80 Å². The molecule has 3 aliphatic rings. The number of piperidine rings is 1. The monoisotopic (exact) mass is 1150 g/mol. The van der Waals surface area contributed by atoms with E-state index in [1.165, 1.54) is 69.7 Å². The Kier molecular flexibility index (Phi) is 23.7. The Labute approximate surface area is 483 Å². The van der Waals surface area contributed by atoms with Gasteiger partial charge >= 0.3 is 23.9 Å². The van der Waals surface area contributed by atoms with Crippen LogP contribution in [-0.2, 0) is 74.9 Å². The molecule has 21 heteroatoms. The summed E-state index contributed by atoms with van der Waals surface area (Å²) in [4.78, 5) is 126. The maximum Gasteiger partial charge on any atom is 0.329 e. The molecule has 0 N–H and O–H groups in total. The molecule has 0 bridgehead atoms. The summed E-state index contributed by atoms with van der Waals surface area (Å²) in [5.41, 5.74) is -1.26. The first kappa shape index (κ1) is 66.4. The lowest BCUT2D eigenvalue weighted by Gasteiger charge is -2.36. The van der Waals surface area contributed by atoms with Crippen molar-refractivity contribution in [1.29, 1.82) is 0 Å².